The predicted octanol–water partition coefficient (Wildman–Crippen LogP) is 3.55. The van der Waals surface area contributed by atoms with Crippen LogP contribution in [0.2, 0.25) is 0 Å². The van der Waals surface area contributed by atoms with Crippen LogP contribution in [0, 0.1) is 5.92 Å². The quantitative estimate of drug-likeness (QED) is 0.567. The van der Waals surface area contributed by atoms with Gasteiger partial charge in [-0.2, -0.15) is 0 Å². The SMILES string of the molecule is CC1C=C(C(C)(F)F)C=CCC1. The van der Waals surface area contributed by atoms with Gasteiger partial charge in [-0.15, -0.1) is 0 Å². The Kier molecular flexibility index (Phi) is 2.65. The summed E-state index contributed by atoms with van der Waals surface area (Å²) in [6.45, 7) is 2.92. The third kappa shape index (κ3) is 2.43. The van der Waals surface area contributed by atoms with E-state index in [2.05, 4.69) is 0 Å². The molecule has 1 atom stereocenters. The zero-order chi connectivity index (χ0) is 9.19. The van der Waals surface area contributed by atoms with E-state index in [9.17, 15) is 8.78 Å². The van der Waals surface area contributed by atoms with Crippen LogP contribution in [0.4, 0.5) is 8.78 Å². The molecule has 0 aliphatic heterocycles. The van der Waals surface area contributed by atoms with E-state index in [0.717, 1.165) is 19.8 Å². The Morgan fingerprint density at radius 1 is 1.50 bits per heavy atom. The van der Waals surface area contributed by atoms with E-state index in [-0.39, 0.29) is 11.5 Å². The minimum atomic E-state index is -2.69. The molecule has 0 saturated heterocycles. The van der Waals surface area contributed by atoms with Crippen LogP contribution in [0.3, 0.4) is 0 Å². The molecule has 1 unspecified atom stereocenters. The Hall–Kier alpha value is -0.660. The van der Waals surface area contributed by atoms with Crippen molar-refractivity contribution in [1.82, 2.24) is 0 Å². The molecule has 12 heavy (non-hydrogen) atoms. The first-order valence-electron chi connectivity index (χ1n) is 4.27. The number of hydrogen-bond acceptors (Lipinski definition) is 0. The van der Waals surface area contributed by atoms with E-state index in [1.807, 2.05) is 13.0 Å². The summed E-state index contributed by atoms with van der Waals surface area (Å²) >= 11 is 0. The average Bonchev–Trinajstić information content (AvgIpc) is 2.11. The second-order valence-corrected chi connectivity index (χ2v) is 3.47. The van der Waals surface area contributed by atoms with Crippen LogP contribution in [0.15, 0.2) is 23.8 Å². The van der Waals surface area contributed by atoms with Gasteiger partial charge in [0.1, 0.15) is 0 Å². The topological polar surface area (TPSA) is 0 Å². The zero-order valence-corrected chi connectivity index (χ0v) is 7.48. The fourth-order valence-electron chi connectivity index (χ4n) is 1.31. The molecule has 0 amide bonds. The molecular weight excluding hydrogens is 158 g/mol. The number of alkyl halides is 2. The first-order chi connectivity index (χ1) is 5.50. The Balaban J connectivity index is 2.85. The minimum Gasteiger partial charge on any atom is -0.202 e. The monoisotopic (exact) mass is 172 g/mol. The summed E-state index contributed by atoms with van der Waals surface area (Å²) in [7, 11) is 0. The molecule has 0 saturated carbocycles. The van der Waals surface area contributed by atoms with Gasteiger partial charge in [0, 0.05) is 12.5 Å². The predicted molar refractivity (Wildman–Crippen MR) is 46.2 cm³/mol. The van der Waals surface area contributed by atoms with Gasteiger partial charge in [0.25, 0.3) is 5.92 Å². The number of rotatable bonds is 1. The van der Waals surface area contributed by atoms with E-state index in [1.54, 1.807) is 12.2 Å². The molecule has 0 N–H and O–H groups in total. The molecule has 68 valence electrons. The molecule has 1 aliphatic carbocycles. The van der Waals surface area contributed by atoms with Gasteiger partial charge in [0.05, 0.1) is 0 Å². The lowest BCUT2D eigenvalue weighted by Crippen LogP contribution is -2.12. The van der Waals surface area contributed by atoms with Crippen LogP contribution in [0.5, 0.6) is 0 Å². The number of allylic oxidation sites excluding steroid dienone is 4. The molecular formula is C10H14F2. The van der Waals surface area contributed by atoms with Gasteiger partial charge < -0.3 is 0 Å². The van der Waals surface area contributed by atoms with Gasteiger partial charge in [-0.25, -0.2) is 8.78 Å². The summed E-state index contributed by atoms with van der Waals surface area (Å²) in [5.41, 5.74) is 0.160. The summed E-state index contributed by atoms with van der Waals surface area (Å²) in [6.07, 6.45) is 6.91. The molecule has 2 heteroatoms. The second-order valence-electron chi connectivity index (χ2n) is 3.47. The number of halogens is 2. The van der Waals surface area contributed by atoms with Crippen LogP contribution >= 0.6 is 0 Å². The van der Waals surface area contributed by atoms with E-state index in [1.165, 1.54) is 0 Å². The Morgan fingerprint density at radius 2 is 2.17 bits per heavy atom. The maximum absolute atomic E-state index is 12.8. The zero-order valence-electron chi connectivity index (χ0n) is 7.48. The molecule has 0 bridgehead atoms. The lowest BCUT2D eigenvalue weighted by molar-refractivity contribution is 0.0669. The highest BCUT2D eigenvalue weighted by atomic mass is 19.3. The van der Waals surface area contributed by atoms with E-state index in [0.29, 0.717) is 0 Å². The second kappa shape index (κ2) is 3.38. The van der Waals surface area contributed by atoms with Crippen LogP contribution < -0.4 is 0 Å². The standard InChI is InChI=1S/C10H14F2/c1-8-5-3-4-6-9(7-8)10(2,11)12/h4,6-8H,3,5H2,1-2H3. The Labute approximate surface area is 72.0 Å². The van der Waals surface area contributed by atoms with E-state index in [4.69, 9.17) is 0 Å². The average molecular weight is 172 g/mol. The summed E-state index contributed by atoms with van der Waals surface area (Å²) in [6, 6.07) is 0. The summed E-state index contributed by atoms with van der Waals surface area (Å²) in [4.78, 5) is 0. The van der Waals surface area contributed by atoms with Crippen molar-refractivity contribution in [2.75, 3.05) is 0 Å². The summed E-state index contributed by atoms with van der Waals surface area (Å²) in [5, 5.41) is 0. The van der Waals surface area contributed by atoms with Crippen molar-refractivity contribution >= 4 is 0 Å². The van der Waals surface area contributed by atoms with Gasteiger partial charge >= 0.3 is 0 Å². The molecule has 0 heterocycles. The Morgan fingerprint density at radius 3 is 2.75 bits per heavy atom. The highest BCUT2D eigenvalue weighted by molar-refractivity contribution is 5.27. The van der Waals surface area contributed by atoms with Crippen molar-refractivity contribution in [3.8, 4) is 0 Å². The smallest absolute Gasteiger partial charge is 0.202 e. The van der Waals surface area contributed by atoms with Crippen molar-refractivity contribution in [3.63, 3.8) is 0 Å². The summed E-state index contributed by atoms with van der Waals surface area (Å²) < 4.78 is 25.7. The normalized spacial score (nSPS) is 25.0. The van der Waals surface area contributed by atoms with Crippen molar-refractivity contribution in [2.24, 2.45) is 5.92 Å². The minimum absolute atomic E-state index is 0.160. The van der Waals surface area contributed by atoms with Crippen LogP contribution in [-0.4, -0.2) is 5.92 Å². The van der Waals surface area contributed by atoms with Crippen molar-refractivity contribution < 1.29 is 8.78 Å². The fourth-order valence-corrected chi connectivity index (χ4v) is 1.31. The van der Waals surface area contributed by atoms with E-state index >= 15 is 0 Å². The van der Waals surface area contributed by atoms with E-state index < -0.39 is 5.92 Å². The Bertz CT molecular complexity index is 208. The van der Waals surface area contributed by atoms with Gasteiger partial charge in [0.15, 0.2) is 0 Å². The molecule has 0 fully saturated rings. The molecule has 1 aliphatic rings. The largest absolute Gasteiger partial charge is 0.270 e. The third-order valence-corrected chi connectivity index (χ3v) is 2.06. The first kappa shape index (κ1) is 9.43. The maximum atomic E-state index is 12.8. The van der Waals surface area contributed by atoms with Gasteiger partial charge in [-0.3, -0.25) is 0 Å². The van der Waals surface area contributed by atoms with Crippen LogP contribution in [0.1, 0.15) is 26.7 Å². The van der Waals surface area contributed by atoms with Crippen LogP contribution in [-0.2, 0) is 0 Å². The lowest BCUT2D eigenvalue weighted by Gasteiger charge is -2.12. The fraction of sp³-hybridized carbons (Fsp3) is 0.600. The van der Waals surface area contributed by atoms with Crippen LogP contribution in [0.25, 0.3) is 0 Å². The van der Waals surface area contributed by atoms with Gasteiger partial charge in [-0.1, -0.05) is 25.2 Å². The molecule has 0 aromatic carbocycles. The first-order valence-corrected chi connectivity index (χ1v) is 4.27. The van der Waals surface area contributed by atoms with Crippen molar-refractivity contribution in [2.45, 2.75) is 32.6 Å². The molecule has 0 spiro atoms. The molecule has 0 radical (unpaired) electrons. The molecule has 0 nitrogen and oxygen atoms in total. The highest BCUT2D eigenvalue weighted by Gasteiger charge is 2.26. The third-order valence-electron chi connectivity index (χ3n) is 2.06. The number of hydrogen-bond donors (Lipinski definition) is 0. The highest BCUT2D eigenvalue weighted by Crippen LogP contribution is 2.28. The van der Waals surface area contributed by atoms with Gasteiger partial charge in [0.2, 0.25) is 0 Å². The molecule has 0 aromatic heterocycles. The van der Waals surface area contributed by atoms with Crippen molar-refractivity contribution in [1.29, 1.82) is 0 Å². The molecule has 1 rings (SSSR count). The maximum Gasteiger partial charge on any atom is 0.270 e. The summed E-state index contributed by atoms with van der Waals surface area (Å²) in [5.74, 6) is -2.42. The van der Waals surface area contributed by atoms with Crippen molar-refractivity contribution in [3.05, 3.63) is 23.8 Å². The molecule has 0 aromatic rings. The van der Waals surface area contributed by atoms with Gasteiger partial charge in [-0.05, 0) is 18.8 Å². The lowest BCUT2D eigenvalue weighted by atomic mass is 10.0.